The Morgan fingerprint density at radius 1 is 1.16 bits per heavy atom. The number of hydrogen-bond donors (Lipinski definition) is 1. The van der Waals surface area contributed by atoms with E-state index in [4.69, 9.17) is 4.74 Å². The molecule has 1 aliphatic heterocycles. The van der Waals surface area contributed by atoms with Crippen molar-refractivity contribution in [2.45, 2.75) is 57.9 Å². The number of hydrogen-bond acceptors (Lipinski definition) is 2. The smallest absolute Gasteiger partial charge is 0.119 e. The highest BCUT2D eigenvalue weighted by atomic mass is 16.5. The molecular weight excluding hydrogens is 234 g/mol. The Hall–Kier alpha value is -1.02. The van der Waals surface area contributed by atoms with Crippen LogP contribution in [0.1, 0.15) is 52.0 Å². The van der Waals surface area contributed by atoms with Crippen molar-refractivity contribution >= 4 is 0 Å². The van der Waals surface area contributed by atoms with Crippen molar-refractivity contribution in [2.75, 3.05) is 13.2 Å². The lowest BCUT2D eigenvalue weighted by molar-refractivity contribution is 0.268. The molecule has 0 spiro atoms. The van der Waals surface area contributed by atoms with Crippen molar-refractivity contribution in [3.05, 3.63) is 29.8 Å². The molecule has 0 bridgehead atoms. The van der Waals surface area contributed by atoms with Gasteiger partial charge in [-0.25, -0.2) is 0 Å². The molecule has 106 valence electrons. The van der Waals surface area contributed by atoms with Crippen LogP contribution in [0.3, 0.4) is 0 Å². The SMILES string of the molecule is CC(C)(C)c1ccc(OCC[C@@H]2CCCCN2)cc1. The molecule has 0 aromatic heterocycles. The molecule has 0 aliphatic carbocycles. The van der Waals surface area contributed by atoms with Crippen LogP contribution in [0.25, 0.3) is 0 Å². The van der Waals surface area contributed by atoms with E-state index in [-0.39, 0.29) is 5.41 Å². The van der Waals surface area contributed by atoms with E-state index in [1.54, 1.807) is 0 Å². The molecule has 2 heteroatoms. The van der Waals surface area contributed by atoms with E-state index in [0.29, 0.717) is 6.04 Å². The lowest BCUT2D eigenvalue weighted by Gasteiger charge is -2.23. The van der Waals surface area contributed by atoms with Crippen LogP contribution < -0.4 is 10.1 Å². The normalized spacial score (nSPS) is 20.3. The summed E-state index contributed by atoms with van der Waals surface area (Å²) < 4.78 is 5.84. The quantitative estimate of drug-likeness (QED) is 0.887. The van der Waals surface area contributed by atoms with Gasteiger partial charge in [0.05, 0.1) is 6.61 Å². The molecule has 1 aromatic carbocycles. The first-order chi connectivity index (χ1) is 9.05. The van der Waals surface area contributed by atoms with Crippen LogP contribution in [-0.4, -0.2) is 19.2 Å². The van der Waals surface area contributed by atoms with Gasteiger partial charge in [0.25, 0.3) is 0 Å². The zero-order valence-corrected chi connectivity index (χ0v) is 12.5. The molecule has 1 N–H and O–H groups in total. The third-order valence-electron chi connectivity index (χ3n) is 3.87. The maximum atomic E-state index is 5.84. The topological polar surface area (TPSA) is 21.3 Å². The Labute approximate surface area is 117 Å². The van der Waals surface area contributed by atoms with E-state index in [2.05, 4.69) is 50.4 Å². The van der Waals surface area contributed by atoms with Crippen molar-refractivity contribution < 1.29 is 4.74 Å². The van der Waals surface area contributed by atoms with Crippen molar-refractivity contribution in [1.29, 1.82) is 0 Å². The van der Waals surface area contributed by atoms with Crippen LogP contribution in [0.4, 0.5) is 0 Å². The Morgan fingerprint density at radius 2 is 1.89 bits per heavy atom. The summed E-state index contributed by atoms with van der Waals surface area (Å²) >= 11 is 0. The molecule has 2 rings (SSSR count). The lowest BCUT2D eigenvalue weighted by Crippen LogP contribution is -2.35. The summed E-state index contributed by atoms with van der Waals surface area (Å²) in [5.74, 6) is 0.990. The van der Waals surface area contributed by atoms with E-state index in [1.807, 2.05) is 0 Å². The first-order valence-electron chi connectivity index (χ1n) is 7.52. The van der Waals surface area contributed by atoms with Gasteiger partial charge < -0.3 is 10.1 Å². The van der Waals surface area contributed by atoms with Crippen LogP contribution in [0, 0.1) is 0 Å². The van der Waals surface area contributed by atoms with Gasteiger partial charge in [0.15, 0.2) is 0 Å². The van der Waals surface area contributed by atoms with E-state index < -0.39 is 0 Å². The molecule has 0 amide bonds. The first kappa shape index (κ1) is 14.4. The predicted octanol–water partition coefficient (Wildman–Crippen LogP) is 3.90. The minimum absolute atomic E-state index is 0.213. The summed E-state index contributed by atoms with van der Waals surface area (Å²) in [6.45, 7) is 8.68. The summed E-state index contributed by atoms with van der Waals surface area (Å²) in [5, 5.41) is 3.55. The monoisotopic (exact) mass is 261 g/mol. The molecule has 1 saturated heterocycles. The minimum atomic E-state index is 0.213. The molecule has 1 fully saturated rings. The third-order valence-corrected chi connectivity index (χ3v) is 3.87. The standard InChI is InChI=1S/C17H27NO/c1-17(2,3)14-7-9-16(10-8-14)19-13-11-15-6-4-5-12-18-15/h7-10,15,18H,4-6,11-13H2,1-3H3/t15-/m0/s1. The van der Waals surface area contributed by atoms with Crippen LogP contribution in [0.5, 0.6) is 5.75 Å². The maximum absolute atomic E-state index is 5.84. The highest BCUT2D eigenvalue weighted by Crippen LogP contribution is 2.24. The van der Waals surface area contributed by atoms with Gasteiger partial charge in [-0.3, -0.25) is 0 Å². The number of piperidine rings is 1. The highest BCUT2D eigenvalue weighted by Gasteiger charge is 2.14. The number of rotatable bonds is 4. The van der Waals surface area contributed by atoms with Crippen LogP contribution >= 0.6 is 0 Å². The molecule has 0 radical (unpaired) electrons. The fraction of sp³-hybridized carbons (Fsp3) is 0.647. The van der Waals surface area contributed by atoms with Gasteiger partial charge in [-0.2, -0.15) is 0 Å². The Bertz CT molecular complexity index is 371. The Morgan fingerprint density at radius 3 is 2.47 bits per heavy atom. The molecule has 1 heterocycles. The molecule has 1 aromatic rings. The fourth-order valence-corrected chi connectivity index (χ4v) is 2.54. The van der Waals surface area contributed by atoms with E-state index in [9.17, 15) is 0 Å². The molecule has 1 atom stereocenters. The molecule has 2 nitrogen and oxygen atoms in total. The molecular formula is C17H27NO. The zero-order chi connectivity index (χ0) is 13.7. The van der Waals surface area contributed by atoms with Gasteiger partial charge in [-0.15, -0.1) is 0 Å². The predicted molar refractivity (Wildman–Crippen MR) is 80.9 cm³/mol. The fourth-order valence-electron chi connectivity index (χ4n) is 2.54. The summed E-state index contributed by atoms with van der Waals surface area (Å²) in [6.07, 6.45) is 5.09. The maximum Gasteiger partial charge on any atom is 0.119 e. The van der Waals surface area contributed by atoms with Crippen molar-refractivity contribution in [2.24, 2.45) is 0 Å². The van der Waals surface area contributed by atoms with Crippen molar-refractivity contribution in [3.63, 3.8) is 0 Å². The zero-order valence-electron chi connectivity index (χ0n) is 12.5. The Balaban J connectivity index is 1.76. The van der Waals surface area contributed by atoms with E-state index in [0.717, 1.165) is 18.8 Å². The second kappa shape index (κ2) is 6.42. The molecule has 0 saturated carbocycles. The average molecular weight is 261 g/mol. The summed E-state index contributed by atoms with van der Waals surface area (Å²) in [7, 11) is 0. The van der Waals surface area contributed by atoms with Crippen LogP contribution in [-0.2, 0) is 5.41 Å². The summed E-state index contributed by atoms with van der Waals surface area (Å²) in [4.78, 5) is 0. The van der Waals surface area contributed by atoms with Crippen molar-refractivity contribution in [1.82, 2.24) is 5.32 Å². The largest absolute Gasteiger partial charge is 0.494 e. The minimum Gasteiger partial charge on any atom is -0.494 e. The van der Waals surface area contributed by atoms with Crippen molar-refractivity contribution in [3.8, 4) is 5.75 Å². The Kier molecular flexibility index (Phi) is 4.87. The van der Waals surface area contributed by atoms with Gasteiger partial charge in [-0.1, -0.05) is 39.3 Å². The van der Waals surface area contributed by atoms with Gasteiger partial charge >= 0.3 is 0 Å². The van der Waals surface area contributed by atoms with Gasteiger partial charge in [0.2, 0.25) is 0 Å². The molecule has 1 aliphatic rings. The average Bonchev–Trinajstić information content (AvgIpc) is 2.39. The summed E-state index contributed by atoms with van der Waals surface area (Å²) in [6, 6.07) is 9.19. The summed E-state index contributed by atoms with van der Waals surface area (Å²) in [5.41, 5.74) is 1.57. The second-order valence-corrected chi connectivity index (χ2v) is 6.56. The van der Waals surface area contributed by atoms with Gasteiger partial charge in [0.1, 0.15) is 5.75 Å². The van der Waals surface area contributed by atoms with E-state index >= 15 is 0 Å². The number of benzene rings is 1. The molecule has 0 unspecified atom stereocenters. The number of nitrogens with one attached hydrogen (secondary N) is 1. The lowest BCUT2D eigenvalue weighted by atomic mass is 9.87. The van der Waals surface area contributed by atoms with Gasteiger partial charge in [0, 0.05) is 6.04 Å². The van der Waals surface area contributed by atoms with Crippen LogP contribution in [0.2, 0.25) is 0 Å². The molecule has 19 heavy (non-hydrogen) atoms. The number of ether oxygens (including phenoxy) is 1. The second-order valence-electron chi connectivity index (χ2n) is 6.56. The highest BCUT2D eigenvalue weighted by molar-refractivity contribution is 5.31. The van der Waals surface area contributed by atoms with Gasteiger partial charge in [-0.05, 0) is 48.9 Å². The van der Waals surface area contributed by atoms with Crippen LogP contribution in [0.15, 0.2) is 24.3 Å². The first-order valence-corrected chi connectivity index (χ1v) is 7.52. The third kappa shape index (κ3) is 4.54. The van der Waals surface area contributed by atoms with E-state index in [1.165, 1.54) is 31.4 Å².